The Bertz CT molecular complexity index is 779. The summed E-state index contributed by atoms with van der Waals surface area (Å²) in [6, 6.07) is 0. The number of nitrogens with zero attached hydrogens (tertiary/aromatic N) is 2. The molecule has 2 heterocycles. The summed E-state index contributed by atoms with van der Waals surface area (Å²) in [6.45, 7) is 2.48. The molecule has 13 heteroatoms. The largest absolute Gasteiger partial charge is 0.377 e. The van der Waals surface area contributed by atoms with E-state index in [1.54, 1.807) is 0 Å². The van der Waals surface area contributed by atoms with E-state index in [4.69, 9.17) is 19.0 Å². The van der Waals surface area contributed by atoms with Gasteiger partial charge >= 0.3 is 5.97 Å². The molecule has 0 aliphatic carbocycles. The zero-order chi connectivity index (χ0) is 25.5. The van der Waals surface area contributed by atoms with E-state index in [0.717, 1.165) is 4.90 Å². The van der Waals surface area contributed by atoms with E-state index >= 15 is 0 Å². The second-order valence-corrected chi connectivity index (χ2v) is 7.60. The van der Waals surface area contributed by atoms with Gasteiger partial charge in [-0.1, -0.05) is 0 Å². The summed E-state index contributed by atoms with van der Waals surface area (Å²) >= 11 is 0. The first-order valence-electron chi connectivity index (χ1n) is 11.5. The topological polar surface area (TPSA) is 158 Å². The average Bonchev–Trinajstić information content (AvgIpc) is 3.32. The normalized spacial score (nSPS) is 15.4. The van der Waals surface area contributed by atoms with Crippen LogP contribution in [-0.2, 0) is 47.8 Å². The molecule has 0 spiro atoms. The molecule has 2 aliphatic rings. The van der Waals surface area contributed by atoms with Crippen molar-refractivity contribution < 1.29 is 47.8 Å². The quantitative estimate of drug-likeness (QED) is 0.189. The lowest BCUT2D eigenvalue weighted by Crippen LogP contribution is -2.33. The Kier molecular flexibility index (Phi) is 12.6. The lowest BCUT2D eigenvalue weighted by Gasteiger charge is -2.13. The number of imide groups is 2. The van der Waals surface area contributed by atoms with Crippen LogP contribution in [-0.4, -0.2) is 98.2 Å². The van der Waals surface area contributed by atoms with Crippen molar-refractivity contribution >= 4 is 35.5 Å². The molecule has 0 radical (unpaired) electrons. The van der Waals surface area contributed by atoms with Gasteiger partial charge in [0.15, 0.2) is 0 Å². The van der Waals surface area contributed by atoms with Crippen molar-refractivity contribution in [2.24, 2.45) is 0 Å². The molecule has 35 heavy (non-hydrogen) atoms. The van der Waals surface area contributed by atoms with Gasteiger partial charge in [0.05, 0.1) is 46.2 Å². The molecule has 1 N–H and O–H groups in total. The van der Waals surface area contributed by atoms with Gasteiger partial charge in [-0.3, -0.25) is 28.9 Å². The maximum absolute atomic E-state index is 11.8. The number of rotatable bonds is 18. The monoisotopic (exact) mass is 497 g/mol. The Labute approximate surface area is 202 Å². The van der Waals surface area contributed by atoms with Crippen LogP contribution in [0.2, 0.25) is 0 Å². The number of carbonyl (C=O) groups excluding carboxylic acids is 6. The van der Waals surface area contributed by atoms with Crippen LogP contribution < -0.4 is 5.32 Å². The molecular formula is C22H31N3O10. The smallest absolute Gasteiger partial charge is 0.333 e. The van der Waals surface area contributed by atoms with E-state index in [0.29, 0.717) is 57.5 Å². The van der Waals surface area contributed by atoms with Crippen molar-refractivity contribution in [2.75, 3.05) is 52.7 Å². The van der Waals surface area contributed by atoms with Gasteiger partial charge in [-0.2, -0.15) is 0 Å². The van der Waals surface area contributed by atoms with E-state index in [2.05, 4.69) is 5.32 Å². The number of hydroxylamine groups is 2. The minimum absolute atomic E-state index is 0.00770. The first-order valence-corrected chi connectivity index (χ1v) is 11.5. The van der Waals surface area contributed by atoms with Crippen LogP contribution in [0.1, 0.15) is 38.5 Å². The maximum Gasteiger partial charge on any atom is 0.333 e. The average molecular weight is 498 g/mol. The SMILES string of the molecule is O=C(CCCCC(=O)ON1C(=O)CCC1=O)NCCOCCOCCOCCN1C(=O)C=CC1=O. The number of hydrogen-bond donors (Lipinski definition) is 1. The number of ether oxygens (including phenoxy) is 3. The highest BCUT2D eigenvalue weighted by molar-refractivity contribution is 6.12. The number of nitrogens with one attached hydrogen (secondary N) is 1. The zero-order valence-corrected chi connectivity index (χ0v) is 19.5. The van der Waals surface area contributed by atoms with Crippen molar-refractivity contribution in [3.8, 4) is 0 Å². The molecular weight excluding hydrogens is 466 g/mol. The summed E-state index contributed by atoms with van der Waals surface area (Å²) in [4.78, 5) is 74.7. The molecule has 0 bridgehead atoms. The molecule has 2 aliphatic heterocycles. The van der Waals surface area contributed by atoms with E-state index in [9.17, 15) is 28.8 Å². The minimum Gasteiger partial charge on any atom is -0.377 e. The van der Waals surface area contributed by atoms with Gasteiger partial charge in [0, 0.05) is 44.4 Å². The Morgan fingerprint density at radius 1 is 0.771 bits per heavy atom. The molecule has 0 atom stereocenters. The van der Waals surface area contributed by atoms with E-state index in [1.165, 1.54) is 12.2 Å². The van der Waals surface area contributed by atoms with Gasteiger partial charge in [-0.25, -0.2) is 4.79 Å². The van der Waals surface area contributed by atoms with Crippen LogP contribution in [0.4, 0.5) is 0 Å². The maximum atomic E-state index is 11.8. The summed E-state index contributed by atoms with van der Waals surface area (Å²) < 4.78 is 16.0. The minimum atomic E-state index is -0.677. The van der Waals surface area contributed by atoms with Crippen molar-refractivity contribution in [1.82, 2.24) is 15.3 Å². The third-order valence-electron chi connectivity index (χ3n) is 4.91. The van der Waals surface area contributed by atoms with Gasteiger partial charge in [0.2, 0.25) is 5.91 Å². The van der Waals surface area contributed by atoms with E-state index < -0.39 is 17.8 Å². The molecule has 1 saturated heterocycles. The first kappa shape index (κ1) is 28.1. The van der Waals surface area contributed by atoms with Crippen molar-refractivity contribution in [2.45, 2.75) is 38.5 Å². The lowest BCUT2D eigenvalue weighted by atomic mass is 10.2. The molecule has 2 rings (SSSR count). The Morgan fingerprint density at radius 3 is 1.94 bits per heavy atom. The highest BCUT2D eigenvalue weighted by Gasteiger charge is 2.32. The predicted octanol–water partition coefficient (Wildman–Crippen LogP) is -0.755. The van der Waals surface area contributed by atoms with Crippen LogP contribution in [0.5, 0.6) is 0 Å². The highest BCUT2D eigenvalue weighted by atomic mass is 16.7. The van der Waals surface area contributed by atoms with Crippen molar-refractivity contribution in [1.29, 1.82) is 0 Å². The van der Waals surface area contributed by atoms with Crippen LogP contribution in [0.3, 0.4) is 0 Å². The fraction of sp³-hybridized carbons (Fsp3) is 0.636. The Morgan fingerprint density at radius 2 is 1.31 bits per heavy atom. The molecule has 5 amide bonds. The predicted molar refractivity (Wildman–Crippen MR) is 117 cm³/mol. The van der Waals surface area contributed by atoms with E-state index in [1.807, 2.05) is 0 Å². The summed E-state index contributed by atoms with van der Waals surface area (Å²) in [7, 11) is 0. The molecule has 0 aromatic heterocycles. The number of hydrogen-bond acceptors (Lipinski definition) is 10. The molecule has 0 aromatic rings. The number of carbonyl (C=O) groups is 6. The van der Waals surface area contributed by atoms with Crippen molar-refractivity contribution in [3.63, 3.8) is 0 Å². The zero-order valence-electron chi connectivity index (χ0n) is 19.5. The van der Waals surface area contributed by atoms with Crippen molar-refractivity contribution in [3.05, 3.63) is 12.2 Å². The molecule has 0 aromatic carbocycles. The van der Waals surface area contributed by atoms with Crippen LogP contribution in [0.25, 0.3) is 0 Å². The summed E-state index contributed by atoms with van der Waals surface area (Å²) in [5.74, 6) is -2.57. The summed E-state index contributed by atoms with van der Waals surface area (Å²) in [5, 5.41) is 3.21. The third-order valence-corrected chi connectivity index (χ3v) is 4.91. The van der Waals surface area contributed by atoms with Crippen LogP contribution >= 0.6 is 0 Å². The third kappa shape index (κ3) is 10.8. The highest BCUT2D eigenvalue weighted by Crippen LogP contribution is 2.13. The fourth-order valence-corrected chi connectivity index (χ4v) is 3.06. The standard InChI is InChI=1S/C22H31N3O10/c26-17(3-1-2-4-22(31)35-25-20(29)7-8-21(25)30)23-9-11-32-13-15-34-16-14-33-12-10-24-18(27)5-6-19(24)28/h5-6H,1-4,7-16H2,(H,23,26). The Hall–Kier alpha value is -3.16. The Balaban J connectivity index is 1.32. The molecule has 194 valence electrons. The number of amides is 5. The second kappa shape index (κ2) is 15.7. The molecule has 0 unspecified atom stereocenters. The van der Waals surface area contributed by atoms with Gasteiger partial charge in [0.1, 0.15) is 0 Å². The fourth-order valence-electron chi connectivity index (χ4n) is 3.06. The summed E-state index contributed by atoms with van der Waals surface area (Å²) in [5.41, 5.74) is 0. The number of unbranched alkanes of at least 4 members (excludes halogenated alkanes) is 1. The first-order chi connectivity index (χ1) is 16.9. The van der Waals surface area contributed by atoms with Gasteiger partial charge in [-0.15, -0.1) is 5.06 Å². The second-order valence-electron chi connectivity index (χ2n) is 7.60. The van der Waals surface area contributed by atoms with Gasteiger partial charge in [-0.05, 0) is 12.8 Å². The molecule has 13 nitrogen and oxygen atoms in total. The van der Waals surface area contributed by atoms with Crippen LogP contribution in [0.15, 0.2) is 12.2 Å². The van der Waals surface area contributed by atoms with Gasteiger partial charge < -0.3 is 24.4 Å². The molecule has 1 fully saturated rings. The van der Waals surface area contributed by atoms with Gasteiger partial charge in [0.25, 0.3) is 23.6 Å². The summed E-state index contributed by atoms with van der Waals surface area (Å²) in [6.07, 6.45) is 3.64. The van der Waals surface area contributed by atoms with Crippen LogP contribution in [0, 0.1) is 0 Å². The van der Waals surface area contributed by atoms with E-state index in [-0.39, 0.29) is 56.6 Å². The molecule has 0 saturated carbocycles. The lowest BCUT2D eigenvalue weighted by molar-refractivity contribution is -0.197.